The summed E-state index contributed by atoms with van der Waals surface area (Å²) in [4.78, 5) is 16.2. The quantitative estimate of drug-likeness (QED) is 0.0840. The Kier molecular flexibility index (Phi) is 9.33. The summed E-state index contributed by atoms with van der Waals surface area (Å²) in [5, 5.41) is 14.3. The van der Waals surface area contributed by atoms with Crippen molar-refractivity contribution in [1.82, 2.24) is 4.98 Å². The van der Waals surface area contributed by atoms with Gasteiger partial charge in [0.2, 0.25) is 0 Å². The average molecular weight is 779 g/mol. The molecule has 6 rings (SSSR count). The Labute approximate surface area is 280 Å². The predicted molar refractivity (Wildman–Crippen MR) is 180 cm³/mol. The van der Waals surface area contributed by atoms with Crippen LogP contribution in [0.5, 0.6) is 0 Å². The smallest absolute Gasteiger partial charge is 0.164 e. The molecule has 235 valence electrons. The maximum atomic E-state index is 14.1. The number of pyridine rings is 1. The summed E-state index contributed by atoms with van der Waals surface area (Å²) in [5.74, 6) is -0.0770. The van der Waals surface area contributed by atoms with E-state index in [-0.39, 0.29) is 48.3 Å². The van der Waals surface area contributed by atoms with Crippen molar-refractivity contribution in [3.63, 3.8) is 0 Å². The number of allylic oxidation sites excluding steroid dienone is 2. The van der Waals surface area contributed by atoms with E-state index in [1.54, 1.807) is 12.1 Å². The van der Waals surface area contributed by atoms with Gasteiger partial charge in [-0.3, -0.25) is 4.79 Å². The summed E-state index contributed by atoms with van der Waals surface area (Å²) in [6, 6.07) is 25.5. The largest absolute Gasteiger partial charge is 0.512 e. The first-order valence-corrected chi connectivity index (χ1v) is 15.1. The number of aryl methyl sites for hydroxylation is 1. The van der Waals surface area contributed by atoms with Crippen LogP contribution in [0.2, 0.25) is 0 Å². The third-order valence-electron chi connectivity index (χ3n) is 8.50. The van der Waals surface area contributed by atoms with Gasteiger partial charge in [-0.15, -0.1) is 35.4 Å². The van der Waals surface area contributed by atoms with Crippen LogP contribution in [0.3, 0.4) is 0 Å². The van der Waals surface area contributed by atoms with Crippen LogP contribution in [0.25, 0.3) is 43.9 Å². The maximum Gasteiger partial charge on any atom is 0.164 e. The van der Waals surface area contributed by atoms with Gasteiger partial charge >= 0.3 is 0 Å². The zero-order chi connectivity index (χ0) is 32.2. The van der Waals surface area contributed by atoms with Crippen LogP contribution in [0, 0.1) is 29.6 Å². The topological polar surface area (TPSA) is 50.2 Å². The second-order valence-corrected chi connectivity index (χ2v) is 14.4. The molecule has 0 bridgehead atoms. The first-order chi connectivity index (χ1) is 20.5. The number of halogens is 1. The number of fused-ring (bicyclic) bond motifs is 7. The number of hydrogen-bond acceptors (Lipinski definition) is 3. The molecule has 4 aromatic carbocycles. The summed E-state index contributed by atoms with van der Waals surface area (Å²) in [6.07, 6.45) is 3.22. The van der Waals surface area contributed by atoms with Gasteiger partial charge in [0.25, 0.3) is 0 Å². The van der Waals surface area contributed by atoms with E-state index < -0.39 is 5.41 Å². The van der Waals surface area contributed by atoms with Crippen molar-refractivity contribution < 1.29 is 34.4 Å². The van der Waals surface area contributed by atoms with E-state index in [1.165, 1.54) is 38.9 Å². The fourth-order valence-electron chi connectivity index (χ4n) is 5.86. The van der Waals surface area contributed by atoms with E-state index in [2.05, 4.69) is 69.3 Å². The van der Waals surface area contributed by atoms with Crippen molar-refractivity contribution in [2.24, 2.45) is 10.8 Å². The summed E-state index contributed by atoms with van der Waals surface area (Å²) < 4.78 is 14.1. The summed E-state index contributed by atoms with van der Waals surface area (Å²) in [5.41, 5.74) is 6.79. The number of benzene rings is 4. The Morgan fingerprint density at radius 2 is 1.47 bits per heavy atom. The SMILES string of the molecule is CC(C)(C)C(=O)/C=C(\O)C(C)(C)C.Cc1cc[c-]c(-c2nccc3c2ccc2c4c(ccc23)-c2ccc(F)cc2C4(C)C)c1.[Ir]. The molecule has 0 amide bonds. The number of carbonyl (C=O) groups is 1. The number of rotatable bonds is 2. The van der Waals surface area contributed by atoms with E-state index in [0.29, 0.717) is 0 Å². The minimum Gasteiger partial charge on any atom is -0.512 e. The molecule has 0 spiro atoms. The summed E-state index contributed by atoms with van der Waals surface area (Å²) >= 11 is 0. The standard InChI is InChI=1S/C29H21FN.C11H20O2.Ir/c1-17-5-4-6-18(15-17)28-25-12-11-23-20(21(25)13-14-31-28)9-10-24-22-8-7-19(30)16-26(22)29(2,3)27(23)24;1-10(2,3)8(12)7-9(13)11(4,5)6;/h4-5,7-16H,1-3H3;7,12H,1-6H3;/q-1;;/b;8-7-;. The Morgan fingerprint density at radius 3 is 2.11 bits per heavy atom. The molecule has 1 aliphatic carbocycles. The number of nitrogens with zero attached hydrogens (tertiary/aromatic N) is 1. The minimum absolute atomic E-state index is 0. The molecule has 45 heavy (non-hydrogen) atoms. The van der Waals surface area contributed by atoms with Crippen LogP contribution in [0.4, 0.5) is 4.39 Å². The van der Waals surface area contributed by atoms with Gasteiger partial charge < -0.3 is 10.1 Å². The summed E-state index contributed by atoms with van der Waals surface area (Å²) in [6.45, 7) is 17.6. The van der Waals surface area contributed by atoms with Gasteiger partial charge in [-0.25, -0.2) is 4.39 Å². The Bertz CT molecular complexity index is 1960. The van der Waals surface area contributed by atoms with Crippen molar-refractivity contribution in [3.05, 3.63) is 113 Å². The molecule has 5 aromatic rings. The van der Waals surface area contributed by atoms with E-state index in [4.69, 9.17) is 4.98 Å². The molecule has 0 unspecified atom stereocenters. The molecular weight excluding hydrogens is 738 g/mol. The number of aliphatic hydroxyl groups is 1. The van der Waals surface area contributed by atoms with Gasteiger partial charge in [0.1, 0.15) is 11.6 Å². The van der Waals surface area contributed by atoms with Crippen molar-refractivity contribution >= 4 is 27.3 Å². The van der Waals surface area contributed by atoms with Crippen LogP contribution in [-0.4, -0.2) is 15.9 Å². The molecule has 3 nitrogen and oxygen atoms in total. The third kappa shape index (κ3) is 6.52. The molecule has 0 saturated carbocycles. The zero-order valence-corrected chi connectivity index (χ0v) is 29.9. The van der Waals surface area contributed by atoms with Crippen LogP contribution in [0.15, 0.2) is 84.8 Å². The number of carbonyl (C=O) groups excluding carboxylic acids is 1. The van der Waals surface area contributed by atoms with Gasteiger partial charge in [-0.05, 0) is 67.7 Å². The average Bonchev–Trinajstić information content (AvgIpc) is 3.17. The molecule has 1 heterocycles. The minimum atomic E-state index is -0.417. The van der Waals surface area contributed by atoms with E-state index in [1.807, 2.05) is 59.9 Å². The van der Waals surface area contributed by atoms with E-state index in [0.717, 1.165) is 27.8 Å². The van der Waals surface area contributed by atoms with Gasteiger partial charge in [0.05, 0.1) is 0 Å². The third-order valence-corrected chi connectivity index (χ3v) is 8.50. The van der Waals surface area contributed by atoms with Crippen molar-refractivity contribution in [3.8, 4) is 22.4 Å². The van der Waals surface area contributed by atoms with Crippen LogP contribution < -0.4 is 0 Å². The van der Waals surface area contributed by atoms with Gasteiger partial charge in [-0.2, -0.15) is 0 Å². The fraction of sp³-hybridized carbons (Fsp3) is 0.300. The fourth-order valence-corrected chi connectivity index (χ4v) is 5.86. The number of aliphatic hydroxyl groups excluding tert-OH is 1. The van der Waals surface area contributed by atoms with Gasteiger partial charge in [-0.1, -0.05) is 92.6 Å². The molecule has 1 aromatic heterocycles. The maximum absolute atomic E-state index is 14.1. The molecule has 1 radical (unpaired) electrons. The molecule has 1 aliphatic rings. The molecule has 0 fully saturated rings. The number of aromatic nitrogens is 1. The number of ketones is 1. The Morgan fingerprint density at radius 1 is 0.844 bits per heavy atom. The second kappa shape index (κ2) is 12.3. The van der Waals surface area contributed by atoms with Crippen molar-refractivity contribution in [1.29, 1.82) is 0 Å². The first-order valence-electron chi connectivity index (χ1n) is 15.1. The van der Waals surface area contributed by atoms with Gasteiger partial charge in [0.15, 0.2) is 5.78 Å². The first kappa shape index (κ1) is 34.2. The van der Waals surface area contributed by atoms with Crippen LogP contribution in [-0.2, 0) is 30.3 Å². The zero-order valence-electron chi connectivity index (χ0n) is 27.5. The van der Waals surface area contributed by atoms with Crippen molar-refractivity contribution in [2.75, 3.05) is 0 Å². The molecule has 0 atom stereocenters. The Hall–Kier alpha value is -3.66. The summed E-state index contributed by atoms with van der Waals surface area (Å²) in [7, 11) is 0. The second-order valence-electron chi connectivity index (χ2n) is 14.4. The molecule has 1 N–H and O–H groups in total. The number of hydrogen-bond donors (Lipinski definition) is 1. The normalized spacial score (nSPS) is 13.9. The van der Waals surface area contributed by atoms with E-state index >= 15 is 0 Å². The van der Waals surface area contributed by atoms with Crippen LogP contribution in [0.1, 0.15) is 72.1 Å². The Balaban J connectivity index is 0.000000283. The molecule has 0 aliphatic heterocycles. The van der Waals surface area contributed by atoms with Crippen LogP contribution >= 0.6 is 0 Å². The molecule has 5 heteroatoms. The van der Waals surface area contributed by atoms with E-state index in [9.17, 15) is 14.3 Å². The molecule has 0 saturated heterocycles. The van der Waals surface area contributed by atoms with Crippen molar-refractivity contribution in [2.45, 2.75) is 67.7 Å². The van der Waals surface area contributed by atoms with Gasteiger partial charge in [0, 0.05) is 48.6 Å². The monoisotopic (exact) mass is 779 g/mol. The predicted octanol–water partition coefficient (Wildman–Crippen LogP) is 10.7. The molecular formula is C40H41FIrNO2-.